The number of anilines is 2. The first-order valence-electron chi connectivity index (χ1n) is 7.25. The second kappa shape index (κ2) is 8.05. The van der Waals surface area contributed by atoms with Gasteiger partial charge in [-0.25, -0.2) is 4.79 Å². The molecule has 0 heterocycles. The maximum atomic E-state index is 11.3. The van der Waals surface area contributed by atoms with Crippen molar-refractivity contribution in [2.45, 2.75) is 6.92 Å². The van der Waals surface area contributed by atoms with Crippen molar-refractivity contribution in [3.8, 4) is 11.5 Å². The highest BCUT2D eigenvalue weighted by atomic mass is 16.5. The summed E-state index contributed by atoms with van der Waals surface area (Å²) in [5.41, 5.74) is 1.28. The van der Waals surface area contributed by atoms with E-state index >= 15 is 0 Å². The summed E-state index contributed by atoms with van der Waals surface area (Å²) < 4.78 is 10.7. The number of benzene rings is 2. The lowest BCUT2D eigenvalue weighted by Crippen LogP contribution is -2.05. The van der Waals surface area contributed by atoms with Crippen molar-refractivity contribution in [2.24, 2.45) is 0 Å². The molecule has 0 aliphatic heterocycles. The molecule has 2 rings (SSSR count). The molecule has 6 nitrogen and oxygen atoms in total. The van der Waals surface area contributed by atoms with Crippen molar-refractivity contribution in [3.63, 3.8) is 0 Å². The van der Waals surface area contributed by atoms with Gasteiger partial charge in [-0.1, -0.05) is 0 Å². The van der Waals surface area contributed by atoms with Crippen molar-refractivity contribution < 1.29 is 24.5 Å². The third kappa shape index (κ3) is 4.62. The summed E-state index contributed by atoms with van der Waals surface area (Å²) in [6, 6.07) is 11.8. The maximum Gasteiger partial charge on any atom is 0.337 e. The van der Waals surface area contributed by atoms with Crippen LogP contribution in [-0.2, 0) is 0 Å². The SMILES string of the molecule is CCOc1ccc(Nc2cc(OCCO)ccc2C(=O)O)cc1. The lowest BCUT2D eigenvalue weighted by molar-refractivity contribution is 0.0698. The number of aliphatic hydroxyl groups is 1. The number of nitrogens with one attached hydrogen (secondary N) is 1. The summed E-state index contributed by atoms with van der Waals surface area (Å²) in [7, 11) is 0. The van der Waals surface area contributed by atoms with E-state index in [4.69, 9.17) is 14.6 Å². The first-order valence-corrected chi connectivity index (χ1v) is 7.25. The molecule has 0 saturated carbocycles. The summed E-state index contributed by atoms with van der Waals surface area (Å²) in [6.45, 7) is 2.53. The molecule has 0 aliphatic rings. The van der Waals surface area contributed by atoms with Gasteiger partial charge in [0.15, 0.2) is 0 Å². The number of carbonyl (C=O) groups is 1. The number of hydrogen-bond donors (Lipinski definition) is 3. The normalized spacial score (nSPS) is 10.2. The van der Waals surface area contributed by atoms with Crippen molar-refractivity contribution >= 4 is 17.3 Å². The summed E-state index contributed by atoms with van der Waals surface area (Å²) in [4.78, 5) is 11.3. The van der Waals surface area contributed by atoms with Gasteiger partial charge in [-0.3, -0.25) is 0 Å². The Morgan fingerprint density at radius 1 is 1.09 bits per heavy atom. The first-order chi connectivity index (χ1) is 11.1. The molecule has 0 saturated heterocycles. The average molecular weight is 317 g/mol. The Balaban J connectivity index is 2.23. The van der Waals surface area contributed by atoms with Gasteiger partial charge in [0.05, 0.1) is 24.5 Å². The van der Waals surface area contributed by atoms with Crippen LogP contribution in [0.25, 0.3) is 0 Å². The van der Waals surface area contributed by atoms with Crippen LogP contribution >= 0.6 is 0 Å². The average Bonchev–Trinajstić information content (AvgIpc) is 2.55. The van der Waals surface area contributed by atoms with Crippen LogP contribution in [0, 0.1) is 0 Å². The number of rotatable bonds is 8. The molecule has 0 unspecified atom stereocenters. The Morgan fingerprint density at radius 2 is 1.78 bits per heavy atom. The van der Waals surface area contributed by atoms with E-state index in [1.807, 2.05) is 6.92 Å². The summed E-state index contributed by atoms with van der Waals surface area (Å²) >= 11 is 0. The summed E-state index contributed by atoms with van der Waals surface area (Å²) in [5.74, 6) is 0.196. The topological polar surface area (TPSA) is 88.0 Å². The standard InChI is InChI=1S/C17H19NO5/c1-2-22-13-5-3-12(4-6-13)18-16-11-14(23-10-9-19)7-8-15(16)17(20)21/h3-8,11,18-19H,2,9-10H2,1H3,(H,20,21). The maximum absolute atomic E-state index is 11.3. The summed E-state index contributed by atoms with van der Waals surface area (Å²) in [5, 5.41) is 21.1. The van der Waals surface area contributed by atoms with Gasteiger partial charge in [0.1, 0.15) is 18.1 Å². The Bertz CT molecular complexity index is 655. The van der Waals surface area contributed by atoms with Gasteiger partial charge in [-0.2, -0.15) is 0 Å². The van der Waals surface area contributed by atoms with E-state index in [1.165, 1.54) is 6.07 Å². The molecule has 23 heavy (non-hydrogen) atoms. The molecular weight excluding hydrogens is 298 g/mol. The largest absolute Gasteiger partial charge is 0.494 e. The third-order valence-corrected chi connectivity index (χ3v) is 3.03. The van der Waals surface area contributed by atoms with Crippen molar-refractivity contribution in [3.05, 3.63) is 48.0 Å². The fourth-order valence-electron chi connectivity index (χ4n) is 2.02. The predicted octanol–water partition coefficient (Wildman–Crippen LogP) is 2.90. The van der Waals surface area contributed by atoms with Gasteiger partial charge in [0, 0.05) is 11.8 Å². The highest BCUT2D eigenvalue weighted by Gasteiger charge is 2.12. The monoisotopic (exact) mass is 317 g/mol. The lowest BCUT2D eigenvalue weighted by atomic mass is 10.1. The molecule has 0 spiro atoms. The fourth-order valence-corrected chi connectivity index (χ4v) is 2.02. The van der Waals surface area contributed by atoms with Gasteiger partial charge in [0.25, 0.3) is 0 Å². The smallest absolute Gasteiger partial charge is 0.337 e. The number of hydrogen-bond acceptors (Lipinski definition) is 5. The Kier molecular flexibility index (Phi) is 5.82. The van der Waals surface area contributed by atoms with E-state index in [-0.39, 0.29) is 18.8 Å². The van der Waals surface area contributed by atoms with Gasteiger partial charge in [-0.05, 0) is 43.3 Å². The van der Waals surface area contributed by atoms with Gasteiger partial charge < -0.3 is 25.0 Å². The third-order valence-electron chi connectivity index (χ3n) is 3.03. The molecule has 0 fully saturated rings. The van der Waals surface area contributed by atoms with Crippen LogP contribution < -0.4 is 14.8 Å². The zero-order chi connectivity index (χ0) is 16.7. The number of aliphatic hydroxyl groups excluding tert-OH is 1. The van der Waals surface area contributed by atoms with Crippen LogP contribution in [0.15, 0.2) is 42.5 Å². The second-order valence-corrected chi connectivity index (χ2v) is 4.67. The first kappa shape index (κ1) is 16.6. The van der Waals surface area contributed by atoms with E-state index < -0.39 is 5.97 Å². The quantitative estimate of drug-likeness (QED) is 0.694. The van der Waals surface area contributed by atoms with Gasteiger partial charge in [-0.15, -0.1) is 0 Å². The fraction of sp³-hybridized carbons (Fsp3) is 0.235. The van der Waals surface area contributed by atoms with E-state index in [1.54, 1.807) is 36.4 Å². The zero-order valence-corrected chi connectivity index (χ0v) is 12.8. The van der Waals surface area contributed by atoms with Crippen LogP contribution in [0.4, 0.5) is 11.4 Å². The van der Waals surface area contributed by atoms with E-state index in [2.05, 4.69) is 5.32 Å². The van der Waals surface area contributed by atoms with Crippen molar-refractivity contribution in [1.82, 2.24) is 0 Å². The Morgan fingerprint density at radius 3 is 2.39 bits per heavy atom. The molecule has 0 atom stereocenters. The summed E-state index contributed by atoms with van der Waals surface area (Å²) in [6.07, 6.45) is 0. The molecule has 3 N–H and O–H groups in total. The van der Waals surface area contributed by atoms with Crippen LogP contribution in [-0.4, -0.2) is 36.0 Å². The Labute approximate surface area is 134 Å². The van der Waals surface area contributed by atoms with E-state index in [0.29, 0.717) is 18.0 Å². The van der Waals surface area contributed by atoms with E-state index in [0.717, 1.165) is 11.4 Å². The predicted molar refractivity (Wildman–Crippen MR) is 86.9 cm³/mol. The highest BCUT2D eigenvalue weighted by molar-refractivity contribution is 5.95. The number of carboxylic acid groups (broad SMARTS) is 1. The molecule has 122 valence electrons. The van der Waals surface area contributed by atoms with Crippen LogP contribution in [0.2, 0.25) is 0 Å². The number of ether oxygens (including phenoxy) is 2. The molecule has 2 aromatic carbocycles. The number of aromatic carboxylic acids is 1. The second-order valence-electron chi connectivity index (χ2n) is 4.67. The molecule has 0 bridgehead atoms. The van der Waals surface area contributed by atoms with Gasteiger partial charge >= 0.3 is 5.97 Å². The van der Waals surface area contributed by atoms with E-state index in [9.17, 15) is 9.90 Å². The highest BCUT2D eigenvalue weighted by Crippen LogP contribution is 2.27. The molecule has 6 heteroatoms. The molecular formula is C17H19NO5. The molecule has 0 aliphatic carbocycles. The minimum Gasteiger partial charge on any atom is -0.494 e. The minimum absolute atomic E-state index is 0.109. The van der Waals surface area contributed by atoms with Gasteiger partial charge in [0.2, 0.25) is 0 Å². The molecule has 0 amide bonds. The molecule has 0 radical (unpaired) electrons. The minimum atomic E-state index is -1.04. The van der Waals surface area contributed by atoms with Crippen LogP contribution in [0.5, 0.6) is 11.5 Å². The van der Waals surface area contributed by atoms with Crippen LogP contribution in [0.1, 0.15) is 17.3 Å². The lowest BCUT2D eigenvalue weighted by Gasteiger charge is -2.13. The number of carboxylic acids is 1. The Hall–Kier alpha value is -2.73. The molecule has 2 aromatic rings. The molecule has 0 aromatic heterocycles. The van der Waals surface area contributed by atoms with Crippen LogP contribution in [0.3, 0.4) is 0 Å². The van der Waals surface area contributed by atoms with Crippen molar-refractivity contribution in [2.75, 3.05) is 25.1 Å². The zero-order valence-electron chi connectivity index (χ0n) is 12.8. The van der Waals surface area contributed by atoms with Crippen molar-refractivity contribution in [1.29, 1.82) is 0 Å².